The second-order valence-corrected chi connectivity index (χ2v) is 6.80. The van der Waals surface area contributed by atoms with Gasteiger partial charge in [-0.25, -0.2) is 0 Å². The van der Waals surface area contributed by atoms with Crippen LogP contribution in [0, 0.1) is 17.0 Å². The molecule has 0 spiro atoms. The van der Waals surface area contributed by atoms with Crippen molar-refractivity contribution < 1.29 is 19.2 Å². The number of hydrogen-bond donors (Lipinski definition) is 0. The number of carbonyl (C=O) groups is 1. The van der Waals surface area contributed by atoms with Crippen molar-refractivity contribution in [2.45, 2.75) is 6.92 Å². The van der Waals surface area contributed by atoms with E-state index in [-0.39, 0.29) is 18.0 Å². The van der Waals surface area contributed by atoms with Gasteiger partial charge in [0.2, 0.25) is 6.79 Å². The maximum atomic E-state index is 12.5. The fourth-order valence-electron chi connectivity index (χ4n) is 2.71. The number of nitrogens with zero attached hydrogens (tertiary/aromatic N) is 3. The van der Waals surface area contributed by atoms with Gasteiger partial charge in [0, 0.05) is 36.4 Å². The number of amides is 1. The zero-order valence-corrected chi connectivity index (χ0v) is 14.7. The van der Waals surface area contributed by atoms with Crippen LogP contribution in [-0.2, 0) is 7.05 Å². The Kier molecular flexibility index (Phi) is 3.73. The molecule has 1 amide bonds. The van der Waals surface area contributed by atoms with E-state index in [2.05, 4.69) is 4.99 Å². The van der Waals surface area contributed by atoms with Crippen LogP contribution in [0.4, 0.5) is 5.69 Å². The first-order valence-electron chi connectivity index (χ1n) is 7.67. The van der Waals surface area contributed by atoms with Crippen LogP contribution in [0.1, 0.15) is 15.9 Å². The van der Waals surface area contributed by atoms with Gasteiger partial charge < -0.3 is 14.0 Å². The molecular formula is C17H13N3O5S. The summed E-state index contributed by atoms with van der Waals surface area (Å²) in [4.78, 5) is 27.7. The molecule has 1 aliphatic heterocycles. The molecule has 0 radical (unpaired) electrons. The Hall–Kier alpha value is -3.20. The highest BCUT2D eigenvalue weighted by atomic mass is 32.1. The van der Waals surface area contributed by atoms with Crippen molar-refractivity contribution in [2.75, 3.05) is 6.79 Å². The van der Waals surface area contributed by atoms with Crippen LogP contribution < -0.4 is 14.3 Å². The molecule has 1 aromatic heterocycles. The van der Waals surface area contributed by atoms with Crippen LogP contribution in [-0.4, -0.2) is 22.2 Å². The molecule has 0 atom stereocenters. The predicted molar refractivity (Wildman–Crippen MR) is 94.6 cm³/mol. The zero-order chi connectivity index (χ0) is 18.4. The Labute approximate surface area is 151 Å². The van der Waals surface area contributed by atoms with Gasteiger partial charge in [-0.1, -0.05) is 17.4 Å². The first kappa shape index (κ1) is 16.3. The third-order valence-corrected chi connectivity index (χ3v) is 5.25. The number of fused-ring (bicyclic) bond motifs is 2. The number of thiazole rings is 1. The van der Waals surface area contributed by atoms with Gasteiger partial charge >= 0.3 is 0 Å². The average molecular weight is 371 g/mol. The molecule has 4 rings (SSSR count). The molecule has 0 aliphatic carbocycles. The quantitative estimate of drug-likeness (QED) is 0.510. The third kappa shape index (κ3) is 2.62. The Bertz CT molecular complexity index is 1150. The number of hydrogen-bond acceptors (Lipinski definition) is 6. The SMILES string of the molecule is Cc1ccc(C(=O)N=c2sc3cc4c(cc3n2C)OCO4)cc1[N+](=O)[O-]. The molecule has 8 nitrogen and oxygen atoms in total. The van der Waals surface area contributed by atoms with Gasteiger partial charge in [0.1, 0.15) is 0 Å². The molecule has 3 aromatic rings. The Morgan fingerprint density at radius 1 is 1.27 bits per heavy atom. The van der Waals surface area contributed by atoms with E-state index >= 15 is 0 Å². The summed E-state index contributed by atoms with van der Waals surface area (Å²) in [5.74, 6) is 0.777. The highest BCUT2D eigenvalue weighted by Crippen LogP contribution is 2.36. The lowest BCUT2D eigenvalue weighted by molar-refractivity contribution is -0.385. The van der Waals surface area contributed by atoms with E-state index in [0.29, 0.717) is 21.9 Å². The Morgan fingerprint density at radius 2 is 2.00 bits per heavy atom. The number of aryl methyl sites for hydroxylation is 2. The molecule has 132 valence electrons. The molecular weight excluding hydrogens is 358 g/mol. The summed E-state index contributed by atoms with van der Waals surface area (Å²) in [6, 6.07) is 8.03. The summed E-state index contributed by atoms with van der Waals surface area (Å²) in [5, 5.41) is 11.1. The molecule has 2 heterocycles. The summed E-state index contributed by atoms with van der Waals surface area (Å²) in [5.41, 5.74) is 1.43. The number of nitro groups is 1. The van der Waals surface area contributed by atoms with Crippen molar-refractivity contribution in [2.24, 2.45) is 12.0 Å². The van der Waals surface area contributed by atoms with Crippen LogP contribution in [0.3, 0.4) is 0 Å². The molecule has 0 saturated carbocycles. The minimum Gasteiger partial charge on any atom is -0.454 e. The molecule has 0 fully saturated rings. The van der Waals surface area contributed by atoms with Crippen LogP contribution >= 0.6 is 11.3 Å². The number of carbonyl (C=O) groups excluding carboxylic acids is 1. The minimum absolute atomic E-state index is 0.0995. The largest absolute Gasteiger partial charge is 0.454 e. The van der Waals surface area contributed by atoms with E-state index in [9.17, 15) is 14.9 Å². The molecule has 26 heavy (non-hydrogen) atoms. The van der Waals surface area contributed by atoms with Crippen LogP contribution in [0.5, 0.6) is 11.5 Å². The number of rotatable bonds is 2. The molecule has 0 N–H and O–H groups in total. The lowest BCUT2D eigenvalue weighted by Gasteiger charge is -2.00. The lowest BCUT2D eigenvalue weighted by Crippen LogP contribution is -2.13. The van der Waals surface area contributed by atoms with Gasteiger partial charge in [-0.2, -0.15) is 4.99 Å². The van der Waals surface area contributed by atoms with Crippen molar-refractivity contribution in [3.05, 3.63) is 56.4 Å². The average Bonchev–Trinajstić information content (AvgIpc) is 3.18. The molecule has 0 saturated heterocycles. The second-order valence-electron chi connectivity index (χ2n) is 5.79. The number of aromatic nitrogens is 1. The standard InChI is InChI=1S/C17H13N3O5S/c1-9-3-4-10(5-11(9)20(22)23)16(21)18-17-19(2)12-6-13-14(25-8-24-13)7-15(12)26-17/h3-7H,8H2,1-2H3. The van der Waals surface area contributed by atoms with Gasteiger partial charge in [0.15, 0.2) is 16.3 Å². The summed E-state index contributed by atoms with van der Waals surface area (Å²) in [6.45, 7) is 1.82. The van der Waals surface area contributed by atoms with E-state index in [1.165, 1.54) is 23.5 Å². The normalized spacial score (nSPS) is 13.4. The molecule has 9 heteroatoms. The summed E-state index contributed by atoms with van der Waals surface area (Å²) in [7, 11) is 1.80. The number of benzene rings is 2. The number of nitro benzene ring substituents is 1. The summed E-state index contributed by atoms with van der Waals surface area (Å²) in [6.07, 6.45) is 0. The maximum Gasteiger partial charge on any atom is 0.279 e. The molecule has 1 aliphatic rings. The topological polar surface area (TPSA) is 96.0 Å². The zero-order valence-electron chi connectivity index (χ0n) is 13.9. The molecule has 0 unspecified atom stereocenters. The van der Waals surface area contributed by atoms with Crippen LogP contribution in [0.2, 0.25) is 0 Å². The smallest absolute Gasteiger partial charge is 0.279 e. The Balaban J connectivity index is 1.79. The van der Waals surface area contributed by atoms with E-state index < -0.39 is 10.8 Å². The highest BCUT2D eigenvalue weighted by molar-refractivity contribution is 7.16. The number of ether oxygens (including phenoxy) is 2. The summed E-state index contributed by atoms with van der Waals surface area (Å²) >= 11 is 1.33. The van der Waals surface area contributed by atoms with Crippen LogP contribution in [0.15, 0.2) is 35.3 Å². The lowest BCUT2D eigenvalue weighted by atomic mass is 10.1. The minimum atomic E-state index is -0.532. The van der Waals surface area contributed by atoms with Gasteiger partial charge in [0.05, 0.1) is 15.1 Å². The first-order chi connectivity index (χ1) is 12.4. The predicted octanol–water partition coefficient (Wildman–Crippen LogP) is 2.93. The third-order valence-electron chi connectivity index (χ3n) is 4.15. The van der Waals surface area contributed by atoms with Crippen molar-refractivity contribution in [1.29, 1.82) is 0 Å². The molecule has 0 bridgehead atoms. The van der Waals surface area contributed by atoms with Gasteiger partial charge in [-0.3, -0.25) is 14.9 Å². The van der Waals surface area contributed by atoms with Crippen molar-refractivity contribution in [1.82, 2.24) is 4.57 Å². The van der Waals surface area contributed by atoms with Gasteiger partial charge in [-0.15, -0.1) is 0 Å². The maximum absolute atomic E-state index is 12.5. The van der Waals surface area contributed by atoms with Gasteiger partial charge in [0.25, 0.3) is 11.6 Å². The van der Waals surface area contributed by atoms with E-state index in [1.54, 1.807) is 24.6 Å². The van der Waals surface area contributed by atoms with E-state index in [4.69, 9.17) is 9.47 Å². The fraction of sp³-hybridized carbons (Fsp3) is 0.176. The summed E-state index contributed by atoms with van der Waals surface area (Å²) < 4.78 is 13.4. The Morgan fingerprint density at radius 3 is 2.73 bits per heavy atom. The fourth-order valence-corrected chi connectivity index (χ4v) is 3.74. The first-order valence-corrected chi connectivity index (χ1v) is 8.49. The monoisotopic (exact) mass is 371 g/mol. The van der Waals surface area contributed by atoms with E-state index in [0.717, 1.165) is 10.2 Å². The van der Waals surface area contributed by atoms with E-state index in [1.807, 2.05) is 12.1 Å². The van der Waals surface area contributed by atoms with Crippen molar-refractivity contribution >= 4 is 33.1 Å². The van der Waals surface area contributed by atoms with Crippen molar-refractivity contribution in [3.63, 3.8) is 0 Å². The highest BCUT2D eigenvalue weighted by Gasteiger charge is 2.18. The van der Waals surface area contributed by atoms with Crippen LogP contribution in [0.25, 0.3) is 10.2 Å². The molecule has 2 aromatic carbocycles. The van der Waals surface area contributed by atoms with Crippen molar-refractivity contribution in [3.8, 4) is 11.5 Å². The second kappa shape index (κ2) is 5.95. The van der Waals surface area contributed by atoms with Gasteiger partial charge in [-0.05, 0) is 13.0 Å².